The van der Waals surface area contributed by atoms with Crippen molar-refractivity contribution in [3.8, 4) is 0 Å². The van der Waals surface area contributed by atoms with Crippen molar-refractivity contribution in [3.05, 3.63) is 90.4 Å². The maximum atomic E-state index is 3.88. The molecule has 0 aromatic heterocycles. The summed E-state index contributed by atoms with van der Waals surface area (Å²) >= 11 is 0. The Morgan fingerprint density at radius 3 is 1.47 bits per heavy atom. The van der Waals surface area contributed by atoms with Gasteiger partial charge in [0.15, 0.2) is 0 Å². The molecule has 2 aromatic carbocycles. The Kier molecular flexibility index (Phi) is 2.99. The molecule has 0 aliphatic rings. The lowest BCUT2D eigenvalue weighted by molar-refractivity contribution is 1.29. The van der Waals surface area contributed by atoms with E-state index < -0.39 is 0 Å². The molecule has 2 rings (SSSR count). The van der Waals surface area contributed by atoms with E-state index in [2.05, 4.69) is 30.8 Å². The second kappa shape index (κ2) is 4.61. The molecule has 2 aromatic rings. The Morgan fingerprint density at radius 1 is 0.733 bits per heavy atom. The van der Waals surface area contributed by atoms with Crippen molar-refractivity contribution < 1.29 is 0 Å². The molecule has 0 saturated heterocycles. The average Bonchev–Trinajstić information content (AvgIpc) is 2.33. The predicted molar refractivity (Wildman–Crippen MR) is 64.5 cm³/mol. The highest BCUT2D eigenvalue weighted by molar-refractivity contribution is 5.50. The van der Waals surface area contributed by atoms with Gasteiger partial charge < -0.3 is 0 Å². The van der Waals surface area contributed by atoms with E-state index in [4.69, 9.17) is 0 Å². The Morgan fingerprint density at radius 2 is 1.13 bits per heavy atom. The monoisotopic (exact) mass is 195 g/mol. The van der Waals surface area contributed by atoms with Crippen LogP contribution < -0.4 is 0 Å². The second-order valence-electron chi connectivity index (χ2n) is 3.35. The lowest BCUT2D eigenvalue weighted by Crippen LogP contribution is -1.97. The molecule has 0 fully saturated rings. The fraction of sp³-hybridized carbons (Fsp3) is 0. The average molecular weight is 195 g/mol. The van der Waals surface area contributed by atoms with Crippen LogP contribution in [0.2, 0.25) is 0 Å². The number of hydrogen-bond donors (Lipinski definition) is 0. The summed E-state index contributed by atoms with van der Waals surface area (Å²) in [5.41, 5.74) is 2.41. The van der Waals surface area contributed by atoms with Crippen LogP contribution >= 0.6 is 0 Å². The number of hydrogen-bond acceptors (Lipinski definition) is 0. The topological polar surface area (TPSA) is 0 Å². The fourth-order valence-electron chi connectivity index (χ4n) is 1.64. The van der Waals surface area contributed by atoms with E-state index in [1.165, 1.54) is 17.0 Å². The van der Waals surface area contributed by atoms with Crippen LogP contribution in [0.5, 0.6) is 0 Å². The lowest BCUT2D eigenvalue weighted by atomic mass is 10.2. The molecule has 0 atom stereocenters. The van der Waals surface area contributed by atoms with Gasteiger partial charge in [0, 0.05) is 0 Å². The molecule has 0 heterocycles. The molecule has 0 unspecified atom stereocenters. The second-order valence-corrected chi connectivity index (χ2v) is 3.35. The maximum Gasteiger partial charge on any atom is 0.0551 e. The van der Waals surface area contributed by atoms with Crippen molar-refractivity contribution >= 4 is 0 Å². The molecule has 0 bridgehead atoms. The summed E-state index contributed by atoms with van der Waals surface area (Å²) in [6.45, 7) is 3.88. The molecule has 15 heavy (non-hydrogen) atoms. The van der Waals surface area contributed by atoms with Crippen molar-refractivity contribution in [2.24, 2.45) is 0 Å². The van der Waals surface area contributed by atoms with Gasteiger partial charge in [0.1, 0.15) is 0 Å². The molecule has 0 aliphatic heterocycles. The minimum atomic E-state index is 1.18. The first-order valence-corrected chi connectivity index (χ1v) is 5.02. The summed E-state index contributed by atoms with van der Waals surface area (Å²) in [7, 11) is 0. The van der Waals surface area contributed by atoms with Gasteiger partial charge in [0.05, 0.1) is 5.92 Å². The van der Waals surface area contributed by atoms with E-state index >= 15 is 0 Å². The first kappa shape index (κ1) is 9.72. The molecular formula is C15H13. The summed E-state index contributed by atoms with van der Waals surface area (Å²) in [5.74, 6) is 1.18. The van der Waals surface area contributed by atoms with Gasteiger partial charge in [0.25, 0.3) is 0 Å². The Labute approximate surface area is 90.9 Å². The number of benzene rings is 2. The zero-order chi connectivity index (χ0) is 10.5. The molecule has 0 amide bonds. The van der Waals surface area contributed by atoms with Crippen molar-refractivity contribution in [1.82, 2.24) is 0 Å². The van der Waals surface area contributed by atoms with Crippen LogP contribution in [0.3, 0.4) is 0 Å². The highest BCUT2D eigenvalue weighted by atomic mass is 14.6. The third-order valence-electron chi connectivity index (χ3n) is 2.37. The minimum Gasteiger partial charge on any atom is -0.102 e. The normalized spacial score (nSPS) is 10.2. The molecular weight excluding hydrogens is 182 g/mol. The van der Waals surface area contributed by atoms with E-state index in [9.17, 15) is 0 Å². The van der Waals surface area contributed by atoms with E-state index in [1.54, 1.807) is 0 Å². The standard InChI is InChI=1S/C15H13/c1-2-15(13-9-5-3-6-10-13)14-11-7-4-8-12-14/h2-12H,1H2/i13+1,14+1. The predicted octanol–water partition coefficient (Wildman–Crippen LogP) is 3.84. The fourth-order valence-corrected chi connectivity index (χ4v) is 1.64. The first-order chi connectivity index (χ1) is 7.42. The molecule has 0 heteroatoms. The first-order valence-electron chi connectivity index (χ1n) is 5.02. The van der Waals surface area contributed by atoms with Crippen LogP contribution in [0.25, 0.3) is 0 Å². The van der Waals surface area contributed by atoms with Crippen LogP contribution in [0.4, 0.5) is 0 Å². The SMILES string of the molecule is C=C[C]([13c]1ccccc1)[13c]1ccccc1. The zero-order valence-electron chi connectivity index (χ0n) is 8.56. The van der Waals surface area contributed by atoms with Gasteiger partial charge in [-0.05, 0) is 11.1 Å². The van der Waals surface area contributed by atoms with Gasteiger partial charge in [-0.2, -0.15) is 0 Å². The van der Waals surface area contributed by atoms with E-state index in [0.29, 0.717) is 0 Å². The van der Waals surface area contributed by atoms with Crippen molar-refractivity contribution in [3.63, 3.8) is 0 Å². The van der Waals surface area contributed by atoms with Gasteiger partial charge in [0.2, 0.25) is 0 Å². The molecule has 0 aliphatic carbocycles. The maximum absolute atomic E-state index is 3.88. The lowest BCUT2D eigenvalue weighted by Gasteiger charge is -2.11. The van der Waals surface area contributed by atoms with Crippen LogP contribution in [-0.2, 0) is 0 Å². The van der Waals surface area contributed by atoms with E-state index in [1.807, 2.05) is 42.5 Å². The van der Waals surface area contributed by atoms with E-state index in [0.717, 1.165) is 0 Å². The van der Waals surface area contributed by atoms with Crippen LogP contribution in [0.1, 0.15) is 11.1 Å². The van der Waals surface area contributed by atoms with Crippen LogP contribution in [0.15, 0.2) is 73.3 Å². The summed E-state index contributed by atoms with van der Waals surface area (Å²) in [4.78, 5) is 0. The van der Waals surface area contributed by atoms with Crippen molar-refractivity contribution in [2.75, 3.05) is 0 Å². The van der Waals surface area contributed by atoms with Gasteiger partial charge in [-0.15, -0.1) is 6.58 Å². The summed E-state index contributed by atoms with van der Waals surface area (Å²) < 4.78 is 0. The zero-order valence-corrected chi connectivity index (χ0v) is 8.56. The van der Waals surface area contributed by atoms with Gasteiger partial charge in [-0.1, -0.05) is 66.7 Å². The van der Waals surface area contributed by atoms with Crippen molar-refractivity contribution in [1.29, 1.82) is 0 Å². The number of allylic oxidation sites excluding steroid dienone is 1. The van der Waals surface area contributed by atoms with Gasteiger partial charge in [-0.25, -0.2) is 0 Å². The quantitative estimate of drug-likeness (QED) is 0.698. The Hall–Kier alpha value is -1.82. The third-order valence-corrected chi connectivity index (χ3v) is 2.37. The van der Waals surface area contributed by atoms with Crippen LogP contribution in [0, 0.1) is 5.92 Å². The Balaban J connectivity index is 2.38. The highest BCUT2D eigenvalue weighted by Gasteiger charge is 2.09. The van der Waals surface area contributed by atoms with Gasteiger partial charge >= 0.3 is 0 Å². The summed E-state index contributed by atoms with van der Waals surface area (Å²) in [6.07, 6.45) is 1.91. The van der Waals surface area contributed by atoms with Crippen LogP contribution in [-0.4, -0.2) is 0 Å². The van der Waals surface area contributed by atoms with E-state index in [-0.39, 0.29) is 0 Å². The Bertz CT molecular complexity index is 375. The molecule has 1 radical (unpaired) electrons. The highest BCUT2D eigenvalue weighted by Crippen LogP contribution is 2.23. The number of rotatable bonds is 3. The molecule has 0 nitrogen and oxygen atoms in total. The third kappa shape index (κ3) is 2.16. The smallest absolute Gasteiger partial charge is 0.0551 e. The molecule has 0 saturated carbocycles. The minimum absolute atomic E-state index is 1.18. The summed E-state index contributed by atoms with van der Waals surface area (Å²) in [5, 5.41) is 0. The van der Waals surface area contributed by atoms with Gasteiger partial charge in [-0.3, -0.25) is 0 Å². The van der Waals surface area contributed by atoms with Crippen molar-refractivity contribution in [2.45, 2.75) is 0 Å². The summed E-state index contributed by atoms with van der Waals surface area (Å²) in [6, 6.07) is 20.6. The molecule has 0 N–H and O–H groups in total. The molecule has 73 valence electrons. The molecule has 0 spiro atoms. The largest absolute Gasteiger partial charge is 0.102 e.